The van der Waals surface area contributed by atoms with Crippen molar-refractivity contribution in [2.45, 2.75) is 0 Å². The molecular formula is C11H15ClN2O4. The maximum absolute atomic E-state index is 10.8. The number of benzene rings is 1. The van der Waals surface area contributed by atoms with Gasteiger partial charge in [0.1, 0.15) is 10.7 Å². The van der Waals surface area contributed by atoms with Crippen molar-refractivity contribution in [3.05, 3.63) is 33.3 Å². The Morgan fingerprint density at radius 1 is 1.39 bits per heavy atom. The third kappa shape index (κ3) is 4.48. The summed E-state index contributed by atoms with van der Waals surface area (Å²) in [5.74, 6) is 0. The molecule has 0 fully saturated rings. The van der Waals surface area contributed by atoms with E-state index in [0.29, 0.717) is 32.1 Å². The van der Waals surface area contributed by atoms with Crippen molar-refractivity contribution < 1.29 is 14.4 Å². The molecule has 0 spiro atoms. The number of para-hydroxylation sites is 1. The van der Waals surface area contributed by atoms with Gasteiger partial charge in [-0.1, -0.05) is 17.7 Å². The van der Waals surface area contributed by atoms with Crippen molar-refractivity contribution in [2.75, 3.05) is 38.8 Å². The molecule has 0 heterocycles. The Kier molecular flexibility index (Phi) is 6.42. The number of nitro benzene ring substituents is 1. The maximum Gasteiger partial charge on any atom is 0.310 e. The van der Waals surface area contributed by atoms with E-state index < -0.39 is 4.92 Å². The van der Waals surface area contributed by atoms with Crippen molar-refractivity contribution in [1.29, 1.82) is 0 Å². The van der Waals surface area contributed by atoms with Crippen LogP contribution in [0.15, 0.2) is 18.2 Å². The van der Waals surface area contributed by atoms with E-state index >= 15 is 0 Å². The lowest BCUT2D eigenvalue weighted by Crippen LogP contribution is -2.12. The van der Waals surface area contributed by atoms with Gasteiger partial charge in [0.05, 0.1) is 24.7 Å². The minimum atomic E-state index is -0.504. The van der Waals surface area contributed by atoms with Crippen LogP contribution in [-0.4, -0.2) is 38.4 Å². The minimum absolute atomic E-state index is 0.115. The fourth-order valence-electron chi connectivity index (χ4n) is 1.35. The van der Waals surface area contributed by atoms with Gasteiger partial charge in [0, 0.05) is 13.7 Å². The standard InChI is InChI=1S/C11H15ClN2O4/c1-17-7-8-18-6-5-13-10-4-2-3-9(12)11(10)14(15)16/h2-4,13H,5-8H2,1H3. The molecule has 0 unspecified atom stereocenters. The summed E-state index contributed by atoms with van der Waals surface area (Å²) in [6.45, 7) is 1.92. The molecule has 0 amide bonds. The predicted molar refractivity (Wildman–Crippen MR) is 69.3 cm³/mol. The highest BCUT2D eigenvalue weighted by atomic mass is 35.5. The second kappa shape index (κ2) is 7.86. The molecule has 0 atom stereocenters. The summed E-state index contributed by atoms with van der Waals surface area (Å²) in [4.78, 5) is 10.3. The van der Waals surface area contributed by atoms with Crippen LogP contribution >= 0.6 is 11.6 Å². The molecular weight excluding hydrogens is 260 g/mol. The van der Waals surface area contributed by atoms with Crippen LogP contribution in [0, 0.1) is 10.1 Å². The smallest absolute Gasteiger partial charge is 0.310 e. The van der Waals surface area contributed by atoms with E-state index in [4.69, 9.17) is 21.1 Å². The van der Waals surface area contributed by atoms with Crippen LogP contribution in [0.2, 0.25) is 5.02 Å². The van der Waals surface area contributed by atoms with Crippen LogP contribution in [0.25, 0.3) is 0 Å². The van der Waals surface area contributed by atoms with Crippen molar-refractivity contribution in [2.24, 2.45) is 0 Å². The first-order valence-electron chi connectivity index (χ1n) is 5.40. The van der Waals surface area contributed by atoms with E-state index in [1.54, 1.807) is 19.2 Å². The summed E-state index contributed by atoms with van der Waals surface area (Å²) < 4.78 is 10.1. The number of halogens is 1. The number of nitrogens with zero attached hydrogens (tertiary/aromatic N) is 1. The molecule has 0 saturated heterocycles. The molecule has 100 valence electrons. The SMILES string of the molecule is COCCOCCNc1cccc(Cl)c1[N+](=O)[O-]. The molecule has 6 nitrogen and oxygen atoms in total. The molecule has 0 saturated carbocycles. The zero-order valence-electron chi connectivity index (χ0n) is 10.0. The van der Waals surface area contributed by atoms with Gasteiger partial charge in [0.25, 0.3) is 0 Å². The summed E-state index contributed by atoms with van der Waals surface area (Å²) in [6.07, 6.45) is 0. The van der Waals surface area contributed by atoms with Gasteiger partial charge in [0.2, 0.25) is 0 Å². The summed E-state index contributed by atoms with van der Waals surface area (Å²) in [5.41, 5.74) is 0.277. The van der Waals surface area contributed by atoms with Crippen LogP contribution in [-0.2, 0) is 9.47 Å². The summed E-state index contributed by atoms with van der Waals surface area (Å²) in [5, 5.41) is 13.9. The molecule has 0 bridgehead atoms. The number of hydrogen-bond donors (Lipinski definition) is 1. The zero-order chi connectivity index (χ0) is 13.4. The molecule has 0 aliphatic carbocycles. The van der Waals surface area contributed by atoms with Crippen LogP contribution < -0.4 is 5.32 Å². The third-order valence-electron chi connectivity index (χ3n) is 2.16. The first-order chi connectivity index (χ1) is 8.66. The highest BCUT2D eigenvalue weighted by Crippen LogP contribution is 2.31. The van der Waals surface area contributed by atoms with Crippen LogP contribution in [0.1, 0.15) is 0 Å². The average Bonchev–Trinajstić information content (AvgIpc) is 2.33. The second-order valence-electron chi connectivity index (χ2n) is 3.43. The molecule has 1 N–H and O–H groups in total. The van der Waals surface area contributed by atoms with Crippen molar-refractivity contribution in [3.63, 3.8) is 0 Å². The van der Waals surface area contributed by atoms with E-state index in [1.807, 2.05) is 0 Å². The lowest BCUT2D eigenvalue weighted by atomic mass is 10.2. The van der Waals surface area contributed by atoms with Gasteiger partial charge >= 0.3 is 5.69 Å². The number of hydrogen-bond acceptors (Lipinski definition) is 5. The zero-order valence-corrected chi connectivity index (χ0v) is 10.8. The van der Waals surface area contributed by atoms with Gasteiger partial charge in [-0.3, -0.25) is 10.1 Å². The number of nitrogens with one attached hydrogen (secondary N) is 1. The maximum atomic E-state index is 10.8. The molecule has 1 rings (SSSR count). The molecule has 7 heteroatoms. The third-order valence-corrected chi connectivity index (χ3v) is 2.47. The van der Waals surface area contributed by atoms with E-state index in [9.17, 15) is 10.1 Å². The molecule has 1 aromatic carbocycles. The molecule has 0 aliphatic rings. The Morgan fingerprint density at radius 3 is 2.83 bits per heavy atom. The summed E-state index contributed by atoms with van der Waals surface area (Å²) in [6, 6.07) is 4.75. The van der Waals surface area contributed by atoms with Crippen LogP contribution in [0.3, 0.4) is 0 Å². The number of anilines is 1. The summed E-state index contributed by atoms with van der Waals surface area (Å²) >= 11 is 5.78. The Bertz CT molecular complexity index is 401. The Labute approximate surface area is 110 Å². The lowest BCUT2D eigenvalue weighted by Gasteiger charge is -2.08. The van der Waals surface area contributed by atoms with Gasteiger partial charge < -0.3 is 14.8 Å². The van der Waals surface area contributed by atoms with Crippen LogP contribution in [0.5, 0.6) is 0 Å². The number of nitro groups is 1. The fourth-order valence-corrected chi connectivity index (χ4v) is 1.59. The predicted octanol–water partition coefficient (Wildman–Crippen LogP) is 2.32. The molecule has 18 heavy (non-hydrogen) atoms. The highest BCUT2D eigenvalue weighted by Gasteiger charge is 2.17. The molecule has 0 aromatic heterocycles. The van der Waals surface area contributed by atoms with E-state index in [-0.39, 0.29) is 10.7 Å². The second-order valence-corrected chi connectivity index (χ2v) is 3.83. The normalized spacial score (nSPS) is 10.3. The first kappa shape index (κ1) is 14.7. The van der Waals surface area contributed by atoms with Gasteiger partial charge in [-0.25, -0.2) is 0 Å². The number of ether oxygens (including phenoxy) is 2. The quantitative estimate of drug-likeness (QED) is 0.447. The fraction of sp³-hybridized carbons (Fsp3) is 0.455. The van der Waals surface area contributed by atoms with E-state index in [1.165, 1.54) is 6.07 Å². The number of methoxy groups -OCH3 is 1. The van der Waals surface area contributed by atoms with Gasteiger partial charge in [-0.2, -0.15) is 0 Å². The Morgan fingerprint density at radius 2 is 2.17 bits per heavy atom. The van der Waals surface area contributed by atoms with Crippen molar-refractivity contribution >= 4 is 23.0 Å². The molecule has 1 aromatic rings. The monoisotopic (exact) mass is 274 g/mol. The first-order valence-corrected chi connectivity index (χ1v) is 5.78. The topological polar surface area (TPSA) is 73.6 Å². The van der Waals surface area contributed by atoms with E-state index in [2.05, 4.69) is 5.32 Å². The van der Waals surface area contributed by atoms with Crippen molar-refractivity contribution in [1.82, 2.24) is 0 Å². The minimum Gasteiger partial charge on any atom is -0.382 e. The lowest BCUT2D eigenvalue weighted by molar-refractivity contribution is -0.383. The van der Waals surface area contributed by atoms with Crippen molar-refractivity contribution in [3.8, 4) is 0 Å². The van der Waals surface area contributed by atoms with Gasteiger partial charge in [-0.15, -0.1) is 0 Å². The molecule has 0 radical (unpaired) electrons. The Hall–Kier alpha value is -1.37. The number of rotatable bonds is 8. The summed E-state index contributed by atoms with van der Waals surface area (Å²) in [7, 11) is 1.59. The van der Waals surface area contributed by atoms with Crippen LogP contribution in [0.4, 0.5) is 11.4 Å². The van der Waals surface area contributed by atoms with Gasteiger partial charge in [-0.05, 0) is 12.1 Å². The average molecular weight is 275 g/mol. The molecule has 0 aliphatic heterocycles. The largest absolute Gasteiger partial charge is 0.382 e. The van der Waals surface area contributed by atoms with Gasteiger partial charge in [0.15, 0.2) is 0 Å². The van der Waals surface area contributed by atoms with E-state index in [0.717, 1.165) is 0 Å². The highest BCUT2D eigenvalue weighted by molar-refractivity contribution is 6.33. The Balaban J connectivity index is 2.47.